The lowest BCUT2D eigenvalue weighted by molar-refractivity contribution is -0.388. The number of rotatable bonds is 4. The van der Waals surface area contributed by atoms with Crippen LogP contribution in [0.2, 0.25) is 0 Å². The lowest BCUT2D eigenvalue weighted by Gasteiger charge is -2.06. The van der Waals surface area contributed by atoms with E-state index in [0.29, 0.717) is 0 Å². The van der Waals surface area contributed by atoms with Gasteiger partial charge in [-0.05, 0) is 21.5 Å². The number of hydrogen-bond acceptors (Lipinski definition) is 6. The predicted molar refractivity (Wildman–Crippen MR) is 70.9 cm³/mol. The molecule has 0 saturated carbocycles. The van der Waals surface area contributed by atoms with Gasteiger partial charge in [-0.1, -0.05) is 30.3 Å². The molecule has 2 rings (SSSR count). The molecule has 0 amide bonds. The molecule has 0 aliphatic heterocycles. The number of aromatic nitrogens is 1. The summed E-state index contributed by atoms with van der Waals surface area (Å²) in [6, 6.07) is 10.4. The molecule has 7 heteroatoms. The molecule has 0 aliphatic carbocycles. The number of ether oxygens (including phenoxy) is 1. The van der Waals surface area contributed by atoms with Gasteiger partial charge in [0.25, 0.3) is 0 Å². The molecule has 1 aromatic heterocycles. The van der Waals surface area contributed by atoms with E-state index in [1.165, 1.54) is 6.07 Å². The zero-order valence-electron chi connectivity index (χ0n) is 10.4. The number of nitrogens with two attached hydrogens (primary N) is 1. The average Bonchev–Trinajstić information content (AvgIpc) is 2.46. The molecule has 1 aromatic carbocycles. The lowest BCUT2D eigenvalue weighted by Crippen LogP contribution is -2.10. The molecule has 2 aromatic rings. The largest absolute Gasteiger partial charge is 0.457 e. The number of esters is 1. The molecule has 0 saturated heterocycles. The first-order valence-electron chi connectivity index (χ1n) is 5.69. The van der Waals surface area contributed by atoms with E-state index >= 15 is 0 Å². The third-order valence-corrected chi connectivity index (χ3v) is 2.57. The van der Waals surface area contributed by atoms with Gasteiger partial charge in [-0.25, -0.2) is 4.79 Å². The van der Waals surface area contributed by atoms with Crippen molar-refractivity contribution in [3.8, 4) is 0 Å². The summed E-state index contributed by atoms with van der Waals surface area (Å²) in [6.45, 7) is 0.0647. The van der Waals surface area contributed by atoms with Gasteiger partial charge >= 0.3 is 11.8 Å². The molecule has 0 radical (unpaired) electrons. The first-order valence-corrected chi connectivity index (χ1v) is 5.69. The number of carbonyl (C=O) groups excluding carboxylic acids is 1. The normalized spacial score (nSPS) is 10.0. The van der Waals surface area contributed by atoms with Gasteiger partial charge in [0.15, 0.2) is 0 Å². The van der Waals surface area contributed by atoms with Crippen molar-refractivity contribution in [3.05, 3.63) is 63.8 Å². The van der Waals surface area contributed by atoms with Crippen LogP contribution in [0.1, 0.15) is 15.9 Å². The van der Waals surface area contributed by atoms with E-state index in [2.05, 4.69) is 4.98 Å². The van der Waals surface area contributed by atoms with E-state index in [-0.39, 0.29) is 17.9 Å². The van der Waals surface area contributed by atoms with Gasteiger partial charge in [0.2, 0.25) is 0 Å². The van der Waals surface area contributed by atoms with Crippen LogP contribution >= 0.6 is 0 Å². The van der Waals surface area contributed by atoms with Crippen molar-refractivity contribution in [3.63, 3.8) is 0 Å². The molecule has 0 atom stereocenters. The number of nitrogen functional groups attached to an aromatic ring is 1. The van der Waals surface area contributed by atoms with Crippen LogP contribution in [0.25, 0.3) is 0 Å². The van der Waals surface area contributed by atoms with Crippen LogP contribution in [0.15, 0.2) is 42.6 Å². The Hall–Kier alpha value is -2.96. The third kappa shape index (κ3) is 2.89. The van der Waals surface area contributed by atoms with Crippen molar-refractivity contribution in [1.82, 2.24) is 4.98 Å². The van der Waals surface area contributed by atoms with Crippen molar-refractivity contribution >= 4 is 17.5 Å². The second-order valence-corrected chi connectivity index (χ2v) is 3.91. The van der Waals surface area contributed by atoms with Gasteiger partial charge in [-0.3, -0.25) is 0 Å². The molecule has 0 unspecified atom stereocenters. The molecule has 7 nitrogen and oxygen atoms in total. The molecule has 102 valence electrons. The van der Waals surface area contributed by atoms with Crippen LogP contribution in [-0.4, -0.2) is 15.9 Å². The zero-order valence-corrected chi connectivity index (χ0v) is 10.4. The number of carbonyl (C=O) groups is 1. The summed E-state index contributed by atoms with van der Waals surface area (Å²) in [5, 5.41) is 10.7. The minimum atomic E-state index is -0.747. The molecule has 0 bridgehead atoms. The monoisotopic (exact) mass is 273 g/mol. The smallest absolute Gasteiger partial charge is 0.387 e. The number of hydrogen-bond donors (Lipinski definition) is 1. The highest BCUT2D eigenvalue weighted by Crippen LogP contribution is 2.22. The highest BCUT2D eigenvalue weighted by atomic mass is 16.6. The maximum absolute atomic E-state index is 11.9. The minimum absolute atomic E-state index is 0.0647. The highest BCUT2D eigenvalue weighted by Gasteiger charge is 2.21. The topological polar surface area (TPSA) is 108 Å². The second-order valence-electron chi connectivity index (χ2n) is 3.91. The van der Waals surface area contributed by atoms with Crippen molar-refractivity contribution in [1.29, 1.82) is 0 Å². The fourth-order valence-electron chi connectivity index (χ4n) is 1.59. The predicted octanol–water partition coefficient (Wildman–Crippen LogP) is 1.93. The average molecular weight is 273 g/mol. The van der Waals surface area contributed by atoms with Gasteiger partial charge in [0, 0.05) is 0 Å². The molecule has 0 fully saturated rings. The van der Waals surface area contributed by atoms with Crippen molar-refractivity contribution in [2.45, 2.75) is 6.61 Å². The standard InChI is InChI=1S/C13H11N3O4/c14-11-10(6-7-15-12(11)16(18)19)13(17)20-8-9-4-2-1-3-5-9/h1-7H,8,14H2. The summed E-state index contributed by atoms with van der Waals surface area (Å²) >= 11 is 0. The summed E-state index contributed by atoms with van der Waals surface area (Å²) in [5.74, 6) is -1.28. The van der Waals surface area contributed by atoms with Crippen LogP contribution in [0.5, 0.6) is 0 Å². The quantitative estimate of drug-likeness (QED) is 0.518. The number of nitro groups is 1. The maximum atomic E-state index is 11.9. The SMILES string of the molecule is Nc1c(C(=O)OCc2ccccc2)ccnc1[N+](=O)[O-]. The molecule has 2 N–H and O–H groups in total. The summed E-state index contributed by atoms with van der Waals surface area (Å²) in [4.78, 5) is 25.3. The van der Waals surface area contributed by atoms with Crippen LogP contribution in [0, 0.1) is 10.1 Å². The Morgan fingerprint density at radius 3 is 2.65 bits per heavy atom. The van der Waals surface area contributed by atoms with E-state index in [1.54, 1.807) is 12.1 Å². The number of nitrogens with zero attached hydrogens (tertiary/aromatic N) is 2. The molecule has 1 heterocycles. The molecular weight excluding hydrogens is 262 g/mol. The second kappa shape index (κ2) is 5.79. The van der Waals surface area contributed by atoms with Gasteiger partial charge in [-0.2, -0.15) is 0 Å². The van der Waals surface area contributed by atoms with E-state index in [4.69, 9.17) is 10.5 Å². The molecule has 0 spiro atoms. The summed E-state index contributed by atoms with van der Waals surface area (Å²) in [7, 11) is 0. The molecular formula is C13H11N3O4. The Morgan fingerprint density at radius 1 is 1.30 bits per heavy atom. The summed E-state index contributed by atoms with van der Waals surface area (Å²) in [5.41, 5.74) is 5.99. The Bertz CT molecular complexity index is 643. The van der Waals surface area contributed by atoms with Crippen molar-refractivity contribution in [2.75, 3.05) is 5.73 Å². The Labute approximate surface area is 114 Å². The summed E-state index contributed by atoms with van der Waals surface area (Å²) in [6.07, 6.45) is 1.15. The fourth-order valence-corrected chi connectivity index (χ4v) is 1.59. The van der Waals surface area contributed by atoms with E-state index in [0.717, 1.165) is 11.8 Å². The fraction of sp³-hybridized carbons (Fsp3) is 0.0769. The Balaban J connectivity index is 2.14. The van der Waals surface area contributed by atoms with Crippen molar-refractivity contribution < 1.29 is 14.5 Å². The van der Waals surface area contributed by atoms with Crippen molar-refractivity contribution in [2.24, 2.45) is 0 Å². The molecule has 0 aliphatic rings. The summed E-state index contributed by atoms with van der Waals surface area (Å²) < 4.78 is 5.06. The Morgan fingerprint density at radius 2 is 2.00 bits per heavy atom. The maximum Gasteiger partial charge on any atom is 0.387 e. The van der Waals surface area contributed by atoms with Crippen LogP contribution in [-0.2, 0) is 11.3 Å². The molecule has 20 heavy (non-hydrogen) atoms. The van der Waals surface area contributed by atoms with Gasteiger partial charge < -0.3 is 20.6 Å². The number of anilines is 1. The highest BCUT2D eigenvalue weighted by molar-refractivity contribution is 5.96. The first kappa shape index (κ1) is 13.5. The zero-order chi connectivity index (χ0) is 14.5. The van der Waals surface area contributed by atoms with Gasteiger partial charge in [0.05, 0.1) is 5.56 Å². The van der Waals surface area contributed by atoms with E-state index in [1.807, 2.05) is 18.2 Å². The van der Waals surface area contributed by atoms with Crippen LogP contribution in [0.4, 0.5) is 11.5 Å². The van der Waals surface area contributed by atoms with E-state index < -0.39 is 16.7 Å². The number of pyridine rings is 1. The van der Waals surface area contributed by atoms with E-state index in [9.17, 15) is 14.9 Å². The lowest BCUT2D eigenvalue weighted by atomic mass is 10.2. The minimum Gasteiger partial charge on any atom is -0.457 e. The van der Waals surface area contributed by atoms with Gasteiger partial charge in [0.1, 0.15) is 18.5 Å². The third-order valence-electron chi connectivity index (χ3n) is 2.57. The Kier molecular flexibility index (Phi) is 3.90. The van der Waals surface area contributed by atoms with Crippen LogP contribution in [0.3, 0.4) is 0 Å². The van der Waals surface area contributed by atoms with Crippen LogP contribution < -0.4 is 5.73 Å². The first-order chi connectivity index (χ1) is 9.59. The number of benzene rings is 1. The van der Waals surface area contributed by atoms with Gasteiger partial charge in [-0.15, -0.1) is 0 Å².